The zero-order valence-electron chi connectivity index (χ0n) is 33.5. The standard InChI is InChI=1S/C39H65NO14/c1-11-29-26(19-50-39-37(49-10)36(48-9)33(46)24(6)52-39)16-20(2)12-13-27(42)21(3)17-25(14-15-41)35(22(4)28(43)18-30(44)53-29)54-38-34(47)31(40(7)8)32(45)23(5)51-38/h12-13,15-16,21-26,28-29,31-39,43,45-47H,11,14,17-19H2,1-10H3/b13-12+,20-16+/t21-,22+,23-,24?,25+,26?,28-,29-,31?,32-,33-,34?,35-,36+,37?,38+,39-/m1/s1. The summed E-state index contributed by atoms with van der Waals surface area (Å²) < 4.78 is 41.6. The first kappa shape index (κ1) is 46.2. The van der Waals surface area contributed by atoms with Gasteiger partial charge < -0.3 is 63.3 Å². The summed E-state index contributed by atoms with van der Waals surface area (Å²) in [6.45, 7) is 10.5. The normalized spacial score (nSPS) is 43.6. The molecule has 0 aromatic heterocycles. The maximum atomic E-state index is 13.6. The molecule has 54 heavy (non-hydrogen) atoms. The monoisotopic (exact) mass is 771 g/mol. The highest BCUT2D eigenvalue weighted by molar-refractivity contribution is 5.91. The van der Waals surface area contributed by atoms with E-state index in [0.717, 1.165) is 6.29 Å². The lowest BCUT2D eigenvalue weighted by molar-refractivity contribution is -0.304. The first-order valence-corrected chi connectivity index (χ1v) is 19.0. The van der Waals surface area contributed by atoms with Crippen molar-refractivity contribution in [1.82, 2.24) is 4.90 Å². The van der Waals surface area contributed by atoms with Gasteiger partial charge in [-0.25, -0.2) is 0 Å². The number of esters is 1. The predicted molar refractivity (Wildman–Crippen MR) is 196 cm³/mol. The molecule has 0 saturated carbocycles. The Bertz CT molecular complexity index is 1260. The van der Waals surface area contributed by atoms with Crippen molar-refractivity contribution in [2.75, 3.05) is 34.9 Å². The lowest BCUT2D eigenvalue weighted by Gasteiger charge is -2.46. The summed E-state index contributed by atoms with van der Waals surface area (Å²) >= 11 is 0. The smallest absolute Gasteiger partial charge is 0.308 e. The van der Waals surface area contributed by atoms with Crippen LogP contribution >= 0.6 is 0 Å². The number of methoxy groups -OCH3 is 2. The van der Waals surface area contributed by atoms with Gasteiger partial charge in [0.25, 0.3) is 0 Å². The van der Waals surface area contributed by atoms with Gasteiger partial charge >= 0.3 is 5.97 Å². The highest BCUT2D eigenvalue weighted by Gasteiger charge is 2.48. The number of ether oxygens (including phenoxy) is 7. The Balaban J connectivity index is 1.96. The number of aliphatic hydroxyl groups is 4. The van der Waals surface area contributed by atoms with Gasteiger partial charge in [0, 0.05) is 38.4 Å². The number of allylic oxidation sites excluding steroid dienone is 3. The summed E-state index contributed by atoms with van der Waals surface area (Å²) in [5, 5.41) is 44.2. The van der Waals surface area contributed by atoms with Crippen molar-refractivity contribution in [3.63, 3.8) is 0 Å². The summed E-state index contributed by atoms with van der Waals surface area (Å²) in [6, 6.07) is -0.740. The minimum absolute atomic E-state index is 0.0120. The molecule has 4 N–H and O–H groups in total. The number of likely N-dealkylation sites (N-methyl/N-ethyl adjacent to an activating group) is 1. The SMILES string of the molecule is CC[C@H]1OC(=O)C[C@@H](O)[C@H](C)[C@@H](O[C@@H]2O[C@H](C)[C@@H](O)C(N(C)C)C2O)[C@@H](CC=O)C[C@@H](C)C(=O)/C=C/C(C)=C/C1CO[C@@H]1OC(C)[C@@H](O)[C@H](OC)C1OC. The largest absolute Gasteiger partial charge is 0.462 e. The molecule has 17 atom stereocenters. The molecule has 0 spiro atoms. The summed E-state index contributed by atoms with van der Waals surface area (Å²) in [5.74, 6) is -3.37. The molecule has 0 amide bonds. The number of hydrogen-bond acceptors (Lipinski definition) is 15. The molecular formula is C39H65NO14. The Kier molecular flexibility index (Phi) is 18.3. The summed E-state index contributed by atoms with van der Waals surface area (Å²) in [4.78, 5) is 40.8. The van der Waals surface area contributed by atoms with Crippen LogP contribution in [0.25, 0.3) is 0 Å². The Hall–Kier alpha value is -2.15. The van der Waals surface area contributed by atoms with Crippen molar-refractivity contribution in [2.45, 2.75) is 147 Å². The van der Waals surface area contributed by atoms with Crippen molar-refractivity contribution < 1.29 is 68.0 Å². The van der Waals surface area contributed by atoms with Gasteiger partial charge in [-0.2, -0.15) is 0 Å². The molecule has 3 aliphatic rings. The molecule has 2 fully saturated rings. The van der Waals surface area contributed by atoms with E-state index in [1.165, 1.54) is 20.3 Å². The van der Waals surface area contributed by atoms with E-state index in [-0.39, 0.29) is 25.2 Å². The second kappa shape index (κ2) is 21.4. The molecule has 3 aliphatic heterocycles. The van der Waals surface area contributed by atoms with E-state index >= 15 is 0 Å². The van der Waals surface area contributed by atoms with Crippen molar-refractivity contribution in [1.29, 1.82) is 0 Å². The molecule has 15 heteroatoms. The fourth-order valence-electron chi connectivity index (χ4n) is 7.76. The van der Waals surface area contributed by atoms with E-state index < -0.39 is 116 Å². The van der Waals surface area contributed by atoms with Gasteiger partial charge in [-0.05, 0) is 59.7 Å². The minimum Gasteiger partial charge on any atom is -0.462 e. The fourth-order valence-corrected chi connectivity index (χ4v) is 7.76. The Labute approximate surface area is 319 Å². The average Bonchev–Trinajstić information content (AvgIpc) is 3.12. The Morgan fingerprint density at radius 3 is 2.11 bits per heavy atom. The van der Waals surface area contributed by atoms with Crippen LogP contribution in [0.2, 0.25) is 0 Å². The van der Waals surface area contributed by atoms with E-state index in [1.807, 2.05) is 19.9 Å². The van der Waals surface area contributed by atoms with E-state index in [9.17, 15) is 34.8 Å². The summed E-state index contributed by atoms with van der Waals surface area (Å²) in [7, 11) is 6.36. The first-order valence-electron chi connectivity index (χ1n) is 19.0. The van der Waals surface area contributed by atoms with Crippen LogP contribution in [-0.4, -0.2) is 158 Å². The van der Waals surface area contributed by atoms with Crippen molar-refractivity contribution in [3.8, 4) is 0 Å². The number of aliphatic hydroxyl groups excluding tert-OH is 4. The third-order valence-corrected chi connectivity index (χ3v) is 11.1. The van der Waals surface area contributed by atoms with Gasteiger partial charge in [0.15, 0.2) is 18.4 Å². The molecule has 310 valence electrons. The molecule has 15 nitrogen and oxygen atoms in total. The Morgan fingerprint density at radius 2 is 1.52 bits per heavy atom. The van der Waals surface area contributed by atoms with Crippen LogP contribution in [0.15, 0.2) is 23.8 Å². The number of carbonyl (C=O) groups is 3. The fraction of sp³-hybridized carbons (Fsp3) is 0.821. The minimum atomic E-state index is -1.31. The van der Waals surface area contributed by atoms with Crippen LogP contribution in [0.5, 0.6) is 0 Å². The van der Waals surface area contributed by atoms with Gasteiger partial charge in [-0.15, -0.1) is 0 Å². The van der Waals surface area contributed by atoms with E-state index in [1.54, 1.807) is 52.8 Å². The molecule has 0 bridgehead atoms. The highest BCUT2D eigenvalue weighted by Crippen LogP contribution is 2.35. The number of aldehydes is 1. The lowest BCUT2D eigenvalue weighted by atomic mass is 9.79. The number of hydrogen-bond donors (Lipinski definition) is 4. The molecule has 0 aromatic rings. The van der Waals surface area contributed by atoms with Gasteiger partial charge in [-0.3, -0.25) is 9.59 Å². The van der Waals surface area contributed by atoms with Crippen molar-refractivity contribution >= 4 is 18.0 Å². The number of cyclic esters (lactones) is 1. The second-order valence-electron chi connectivity index (χ2n) is 15.4. The van der Waals surface area contributed by atoms with Crippen molar-refractivity contribution in [3.05, 3.63) is 23.8 Å². The van der Waals surface area contributed by atoms with E-state index in [4.69, 9.17) is 33.2 Å². The van der Waals surface area contributed by atoms with Crippen LogP contribution in [0.4, 0.5) is 0 Å². The molecule has 0 aliphatic carbocycles. The molecule has 3 heterocycles. The predicted octanol–water partition coefficient (Wildman–Crippen LogP) is 1.56. The maximum Gasteiger partial charge on any atom is 0.308 e. The average molecular weight is 772 g/mol. The topological polar surface area (TPSA) is 200 Å². The van der Waals surface area contributed by atoms with Crippen LogP contribution in [-0.2, 0) is 47.5 Å². The quantitative estimate of drug-likeness (QED) is 0.174. The third-order valence-electron chi connectivity index (χ3n) is 11.1. The highest BCUT2D eigenvalue weighted by atomic mass is 16.7. The van der Waals surface area contributed by atoms with Gasteiger partial charge in [0.2, 0.25) is 0 Å². The third kappa shape index (κ3) is 11.7. The Morgan fingerprint density at radius 1 is 0.889 bits per heavy atom. The number of rotatable bonds is 11. The van der Waals surface area contributed by atoms with Gasteiger partial charge in [-0.1, -0.05) is 38.5 Å². The molecule has 5 unspecified atom stereocenters. The summed E-state index contributed by atoms with van der Waals surface area (Å²) in [6.07, 6.45) is -5.36. The van der Waals surface area contributed by atoms with E-state index in [0.29, 0.717) is 12.0 Å². The van der Waals surface area contributed by atoms with Crippen LogP contribution in [0.3, 0.4) is 0 Å². The molecule has 3 rings (SSSR count). The maximum absolute atomic E-state index is 13.6. The number of carbonyl (C=O) groups excluding carboxylic acids is 3. The van der Waals surface area contributed by atoms with E-state index in [2.05, 4.69) is 0 Å². The molecule has 2 saturated heterocycles. The second-order valence-corrected chi connectivity index (χ2v) is 15.4. The summed E-state index contributed by atoms with van der Waals surface area (Å²) in [5.41, 5.74) is 0.701. The molecule has 0 radical (unpaired) electrons. The zero-order valence-corrected chi connectivity index (χ0v) is 33.5. The van der Waals surface area contributed by atoms with Crippen LogP contribution in [0.1, 0.15) is 67.2 Å². The lowest BCUT2D eigenvalue weighted by Crippen LogP contribution is -2.63. The molecule has 0 aromatic carbocycles. The number of ketones is 1. The number of nitrogens with zero attached hydrogens (tertiary/aromatic N) is 1. The van der Waals surface area contributed by atoms with Crippen LogP contribution in [0, 0.1) is 23.7 Å². The molecular weight excluding hydrogens is 706 g/mol. The van der Waals surface area contributed by atoms with Gasteiger partial charge in [0.05, 0.1) is 49.6 Å². The zero-order chi connectivity index (χ0) is 40.4. The first-order chi connectivity index (χ1) is 25.5. The van der Waals surface area contributed by atoms with Crippen molar-refractivity contribution in [2.24, 2.45) is 23.7 Å². The van der Waals surface area contributed by atoms with Gasteiger partial charge in [0.1, 0.15) is 36.8 Å². The van der Waals surface area contributed by atoms with Crippen LogP contribution < -0.4 is 0 Å².